The zero-order valence-electron chi connectivity index (χ0n) is 43.2. The van der Waals surface area contributed by atoms with Crippen molar-refractivity contribution in [3.63, 3.8) is 0 Å². The number of nitrogens with one attached hydrogen (secondary N) is 8. The lowest BCUT2D eigenvalue weighted by Gasteiger charge is -2.50. The largest absolute Gasteiger partial charge is 0.399 e. The Labute approximate surface area is 445 Å². The Bertz CT molecular complexity index is 2630. The standard InChI is InChI=1S/C60H76N12O4/c61-33-21-13-29(14-22-33)49(73)43-44(50(74)30-15-23-34(62)24-16-30)46(52(76)32-19-27-36(64)28-20-32)48-47(45(43)51(75)31-17-25-35(63)26-18-31)59-70-57-41-11-5-3-9-39(41)55(68-57)66-53-37-7-1-2-8-38(37)54(65-53)67-56-40-10-4-6-12-42(40)58(69-56)71-60(48)72-59/h13-28,37-48,53-60,65-72H,1-12,61-64H2. The molecular formula is C60H76N12O4. The number of fused-ring (bicyclic) bond motifs is 20. The summed E-state index contributed by atoms with van der Waals surface area (Å²) in [5.74, 6) is -5.36. The minimum Gasteiger partial charge on any atom is -0.399 e. The summed E-state index contributed by atoms with van der Waals surface area (Å²) in [5, 5.41) is 33.3. The molecule has 5 aliphatic heterocycles. The van der Waals surface area contributed by atoms with Gasteiger partial charge in [-0.15, -0.1) is 0 Å². The van der Waals surface area contributed by atoms with Gasteiger partial charge in [0, 0.05) is 80.5 Å². The molecule has 16 heteroatoms. The molecule has 16 N–H and O–H groups in total. The maximum atomic E-state index is 16.3. The van der Waals surface area contributed by atoms with E-state index in [1.165, 1.54) is 25.7 Å². The molecule has 4 aromatic carbocycles. The van der Waals surface area contributed by atoms with Gasteiger partial charge in [0.25, 0.3) is 0 Å². The van der Waals surface area contributed by atoms with Gasteiger partial charge in [-0.25, -0.2) is 0 Å². The maximum absolute atomic E-state index is 16.3. The van der Waals surface area contributed by atoms with Crippen molar-refractivity contribution < 1.29 is 19.2 Å². The summed E-state index contributed by atoms with van der Waals surface area (Å²) in [6.07, 6.45) is 12.4. The molecule has 400 valence electrons. The highest BCUT2D eigenvalue weighted by atomic mass is 16.2. The van der Waals surface area contributed by atoms with Gasteiger partial charge in [0.05, 0.1) is 49.3 Å². The number of hydrogen-bond acceptors (Lipinski definition) is 16. The lowest BCUT2D eigenvalue weighted by Crippen LogP contribution is -2.62. The zero-order chi connectivity index (χ0) is 51.9. The molecule has 4 saturated carbocycles. The highest BCUT2D eigenvalue weighted by Crippen LogP contribution is 2.56. The van der Waals surface area contributed by atoms with Crippen molar-refractivity contribution in [2.45, 2.75) is 126 Å². The van der Waals surface area contributed by atoms with Crippen molar-refractivity contribution >= 4 is 45.9 Å². The van der Waals surface area contributed by atoms with E-state index in [1.807, 2.05) is 0 Å². The minimum absolute atomic E-state index is 0.0255. The average Bonchev–Trinajstić information content (AvgIpc) is 4.31. The van der Waals surface area contributed by atoms with E-state index in [4.69, 9.17) is 22.9 Å². The van der Waals surface area contributed by atoms with Gasteiger partial charge in [0.2, 0.25) is 0 Å². The number of anilines is 4. The molecule has 4 aromatic rings. The van der Waals surface area contributed by atoms with Crippen LogP contribution in [0, 0.1) is 71.0 Å². The highest BCUT2D eigenvalue weighted by molar-refractivity contribution is 6.12. The maximum Gasteiger partial charge on any atom is 0.167 e. The van der Waals surface area contributed by atoms with Crippen LogP contribution in [0.2, 0.25) is 0 Å². The van der Waals surface area contributed by atoms with Gasteiger partial charge in [-0.3, -0.25) is 61.7 Å². The van der Waals surface area contributed by atoms with Crippen LogP contribution in [0.1, 0.15) is 118 Å². The molecule has 5 saturated heterocycles. The van der Waals surface area contributed by atoms with Crippen LogP contribution in [0.5, 0.6) is 0 Å². The van der Waals surface area contributed by atoms with Crippen LogP contribution in [0.4, 0.5) is 22.7 Å². The average molecular weight is 1030 g/mol. The fraction of sp³-hybridized carbons (Fsp3) is 0.533. The summed E-state index contributed by atoms with van der Waals surface area (Å²) in [7, 11) is 0. The third-order valence-corrected chi connectivity index (χ3v) is 20.3. The first-order chi connectivity index (χ1) is 37.0. The second kappa shape index (κ2) is 20.3. The number of Topliss-reactive ketones (excluding diaryl/α,β-unsaturated/α-hetero) is 4. The first-order valence-corrected chi connectivity index (χ1v) is 28.6. The van der Waals surface area contributed by atoms with Crippen LogP contribution >= 0.6 is 0 Å². The third-order valence-electron chi connectivity index (χ3n) is 20.3. The Morgan fingerprint density at radius 1 is 0.276 bits per heavy atom. The van der Waals surface area contributed by atoms with Crippen LogP contribution in [0.3, 0.4) is 0 Å². The molecule has 0 radical (unpaired) electrons. The monoisotopic (exact) mass is 1030 g/mol. The predicted molar refractivity (Wildman–Crippen MR) is 293 cm³/mol. The minimum atomic E-state index is -1.30. The molecule has 76 heavy (non-hydrogen) atoms. The van der Waals surface area contributed by atoms with Gasteiger partial charge in [0.1, 0.15) is 0 Å². The van der Waals surface area contributed by atoms with E-state index in [9.17, 15) is 0 Å². The molecule has 4 aliphatic carbocycles. The van der Waals surface area contributed by atoms with Gasteiger partial charge in [0.15, 0.2) is 23.1 Å². The number of hydrogen-bond donors (Lipinski definition) is 12. The van der Waals surface area contributed by atoms with Gasteiger partial charge in [-0.05, 0) is 171 Å². The van der Waals surface area contributed by atoms with Gasteiger partial charge in [-0.2, -0.15) is 0 Å². The summed E-state index contributed by atoms with van der Waals surface area (Å²) in [6, 6.07) is 27.1. The Morgan fingerprint density at radius 2 is 0.461 bits per heavy atom. The molecule has 13 rings (SSSR count). The molecule has 0 spiro atoms. The lowest BCUT2D eigenvalue weighted by molar-refractivity contribution is -0.000859. The number of benzene rings is 4. The predicted octanol–water partition coefficient (Wildman–Crippen LogP) is 5.37. The Kier molecular flexibility index (Phi) is 13.4. The topological polar surface area (TPSA) is 269 Å². The summed E-state index contributed by atoms with van der Waals surface area (Å²) in [4.78, 5) is 64.9. The van der Waals surface area contributed by atoms with Crippen molar-refractivity contribution in [1.29, 1.82) is 0 Å². The Morgan fingerprint density at radius 3 is 0.684 bits per heavy atom. The number of nitrogens with two attached hydrogens (primary N) is 4. The number of carbonyl (C=O) groups excluding carboxylic acids is 4. The lowest BCUT2D eigenvalue weighted by atomic mass is 9.51. The van der Waals surface area contributed by atoms with E-state index >= 15 is 19.2 Å². The van der Waals surface area contributed by atoms with Crippen LogP contribution in [0.15, 0.2) is 97.1 Å². The molecule has 8 bridgehead atoms. The fourth-order valence-electron chi connectivity index (χ4n) is 16.9. The molecule has 0 aromatic heterocycles. The van der Waals surface area contributed by atoms with Crippen LogP contribution < -0.4 is 65.5 Å². The summed E-state index contributed by atoms with van der Waals surface area (Å²) >= 11 is 0. The van der Waals surface area contributed by atoms with Crippen LogP contribution in [0.25, 0.3) is 0 Å². The Balaban J connectivity index is 1.02. The smallest absolute Gasteiger partial charge is 0.167 e. The van der Waals surface area contributed by atoms with Gasteiger partial charge < -0.3 is 22.9 Å². The number of nitrogen functional groups attached to an aromatic ring is 4. The van der Waals surface area contributed by atoms with Gasteiger partial charge >= 0.3 is 0 Å². The van der Waals surface area contributed by atoms with Crippen molar-refractivity contribution in [1.82, 2.24) is 42.5 Å². The summed E-state index contributed by atoms with van der Waals surface area (Å²) in [5.41, 5.74) is 28.4. The SMILES string of the molecule is Nc1ccc(C(=O)C2C(C(=O)c3ccc(N)cc3)C(C(=O)c3ccc(N)cc3)C3C4NC5NC(NC6NC(NC7NC(NC(N4)C3C2C(=O)c2ccc(N)cc2)C2CCCCC72)C2CCCCC62)C2CCCCC52)cc1. The zero-order valence-corrected chi connectivity index (χ0v) is 43.2. The Hall–Kier alpha value is -5.56. The summed E-state index contributed by atoms with van der Waals surface area (Å²) in [6.45, 7) is 0. The van der Waals surface area contributed by atoms with Crippen molar-refractivity contribution in [3.05, 3.63) is 119 Å². The first kappa shape index (κ1) is 50.0. The molecule has 9 fully saturated rings. The van der Waals surface area contributed by atoms with Gasteiger partial charge in [-0.1, -0.05) is 38.5 Å². The quantitative estimate of drug-likeness (QED) is 0.0782. The van der Waals surface area contributed by atoms with E-state index in [2.05, 4.69) is 42.5 Å². The number of carbonyl (C=O) groups is 4. The third kappa shape index (κ3) is 8.86. The van der Waals surface area contributed by atoms with E-state index in [0.29, 0.717) is 68.7 Å². The van der Waals surface area contributed by atoms with Crippen LogP contribution in [-0.2, 0) is 0 Å². The number of rotatable bonds is 8. The van der Waals surface area contributed by atoms with E-state index in [-0.39, 0.29) is 60.4 Å². The molecule has 20 unspecified atom stereocenters. The number of ketones is 4. The van der Waals surface area contributed by atoms with Crippen LogP contribution in [-0.4, -0.2) is 72.5 Å². The molecule has 16 nitrogen and oxygen atoms in total. The van der Waals surface area contributed by atoms with E-state index < -0.39 is 59.4 Å². The van der Waals surface area contributed by atoms with E-state index in [0.717, 1.165) is 51.4 Å². The normalized spacial score (nSPS) is 39.5. The molecule has 9 aliphatic rings. The van der Waals surface area contributed by atoms with E-state index in [1.54, 1.807) is 97.1 Å². The molecule has 0 amide bonds. The second-order valence-corrected chi connectivity index (χ2v) is 24.2. The first-order valence-electron chi connectivity index (χ1n) is 28.6. The summed E-state index contributed by atoms with van der Waals surface area (Å²) < 4.78 is 0. The van der Waals surface area contributed by atoms with Crippen molar-refractivity contribution in [3.8, 4) is 0 Å². The molecule has 20 atom stereocenters. The molecule has 5 heterocycles. The molecular weight excluding hydrogens is 953 g/mol. The van der Waals surface area contributed by atoms with Crippen molar-refractivity contribution in [2.24, 2.45) is 71.0 Å². The second-order valence-electron chi connectivity index (χ2n) is 24.2. The fourth-order valence-corrected chi connectivity index (χ4v) is 16.9. The van der Waals surface area contributed by atoms with Crippen molar-refractivity contribution in [2.75, 3.05) is 22.9 Å². The highest BCUT2D eigenvalue weighted by Gasteiger charge is 2.66.